The van der Waals surface area contributed by atoms with Crippen LogP contribution in [0.1, 0.15) is 43.2 Å². The smallest absolute Gasteiger partial charge is 0.288 e. The molecule has 0 radical (unpaired) electrons. The van der Waals surface area contributed by atoms with Crippen molar-refractivity contribution in [1.82, 2.24) is 20.5 Å². The molecule has 1 aromatic rings. The Hall–Kier alpha value is -1.39. The lowest BCUT2D eigenvalue weighted by molar-refractivity contribution is 0.0932. The van der Waals surface area contributed by atoms with Gasteiger partial charge in [0.2, 0.25) is 5.82 Å². The van der Waals surface area contributed by atoms with Crippen LogP contribution < -0.4 is 5.32 Å². The van der Waals surface area contributed by atoms with Crippen LogP contribution in [0, 0.1) is 11.8 Å². The Labute approximate surface area is 95.0 Å². The number of nitrogens with zero attached hydrogens (tertiary/aromatic N) is 2. The van der Waals surface area contributed by atoms with E-state index in [-0.39, 0.29) is 5.91 Å². The molecule has 1 saturated carbocycles. The van der Waals surface area contributed by atoms with Gasteiger partial charge >= 0.3 is 0 Å². The van der Waals surface area contributed by atoms with Gasteiger partial charge < -0.3 is 5.32 Å². The van der Waals surface area contributed by atoms with Crippen LogP contribution in [0.2, 0.25) is 0 Å². The molecule has 1 fully saturated rings. The van der Waals surface area contributed by atoms with Gasteiger partial charge in [-0.05, 0) is 24.7 Å². The Morgan fingerprint density at radius 2 is 2.25 bits per heavy atom. The largest absolute Gasteiger partial charge is 0.349 e. The molecule has 2 N–H and O–H groups in total. The van der Waals surface area contributed by atoms with Crippen molar-refractivity contribution in [1.29, 1.82) is 0 Å². The molecule has 16 heavy (non-hydrogen) atoms. The number of aromatic amines is 1. The molecule has 0 saturated heterocycles. The molecule has 5 heteroatoms. The highest BCUT2D eigenvalue weighted by molar-refractivity contribution is 5.90. The first kappa shape index (κ1) is 11.1. The van der Waals surface area contributed by atoms with Gasteiger partial charge in [0.25, 0.3) is 5.91 Å². The van der Waals surface area contributed by atoms with Crippen LogP contribution in [0.4, 0.5) is 0 Å². The van der Waals surface area contributed by atoms with Crippen molar-refractivity contribution >= 4 is 5.91 Å². The van der Waals surface area contributed by atoms with Crippen LogP contribution in [-0.2, 0) is 0 Å². The standard InChI is InChI=1S/C11H18N4O/c1-8-2-4-9(5-3-8)6-12-11(16)10-13-7-14-15-10/h7-9H,2-6H2,1H3,(H,12,16)(H,13,14,15). The maximum atomic E-state index is 11.6. The minimum absolute atomic E-state index is 0.156. The Morgan fingerprint density at radius 3 is 2.88 bits per heavy atom. The Morgan fingerprint density at radius 1 is 1.50 bits per heavy atom. The van der Waals surface area contributed by atoms with Gasteiger partial charge in [0.15, 0.2) is 0 Å². The average molecular weight is 222 g/mol. The lowest BCUT2D eigenvalue weighted by Crippen LogP contribution is -2.31. The summed E-state index contributed by atoms with van der Waals surface area (Å²) in [6.45, 7) is 3.05. The van der Waals surface area contributed by atoms with Crippen molar-refractivity contribution in [3.8, 4) is 0 Å². The topological polar surface area (TPSA) is 70.7 Å². The minimum Gasteiger partial charge on any atom is -0.349 e. The quantitative estimate of drug-likeness (QED) is 0.811. The summed E-state index contributed by atoms with van der Waals surface area (Å²) in [7, 11) is 0. The van der Waals surface area contributed by atoms with Gasteiger partial charge in [-0.1, -0.05) is 19.8 Å². The van der Waals surface area contributed by atoms with Gasteiger partial charge in [-0.3, -0.25) is 9.89 Å². The number of hydrogen-bond donors (Lipinski definition) is 2. The van der Waals surface area contributed by atoms with Crippen molar-refractivity contribution < 1.29 is 4.79 Å². The second-order valence-corrected chi connectivity index (χ2v) is 4.67. The fourth-order valence-corrected chi connectivity index (χ4v) is 2.17. The summed E-state index contributed by atoms with van der Waals surface area (Å²) in [6, 6.07) is 0. The molecule has 1 heterocycles. The van der Waals surface area contributed by atoms with E-state index in [1.165, 1.54) is 32.0 Å². The summed E-state index contributed by atoms with van der Waals surface area (Å²) in [5, 5.41) is 9.11. The third-order valence-electron chi connectivity index (χ3n) is 3.32. The van der Waals surface area contributed by atoms with Crippen LogP contribution in [0.3, 0.4) is 0 Å². The van der Waals surface area contributed by atoms with Gasteiger partial charge in [0, 0.05) is 6.54 Å². The van der Waals surface area contributed by atoms with Crippen molar-refractivity contribution in [2.45, 2.75) is 32.6 Å². The van der Waals surface area contributed by atoms with Crippen molar-refractivity contribution in [3.05, 3.63) is 12.2 Å². The normalized spacial score (nSPS) is 25.3. The van der Waals surface area contributed by atoms with Gasteiger partial charge in [-0.15, -0.1) is 0 Å². The maximum Gasteiger partial charge on any atom is 0.288 e. The fraction of sp³-hybridized carbons (Fsp3) is 0.727. The maximum absolute atomic E-state index is 11.6. The number of nitrogens with one attached hydrogen (secondary N) is 2. The van der Waals surface area contributed by atoms with Gasteiger partial charge in [0.1, 0.15) is 6.33 Å². The molecule has 5 nitrogen and oxygen atoms in total. The number of H-pyrrole nitrogens is 1. The highest BCUT2D eigenvalue weighted by Crippen LogP contribution is 2.27. The number of aromatic nitrogens is 3. The van der Waals surface area contributed by atoms with Crippen molar-refractivity contribution in [2.75, 3.05) is 6.54 Å². The summed E-state index contributed by atoms with van der Waals surface area (Å²) in [5.41, 5.74) is 0. The predicted molar refractivity (Wildman–Crippen MR) is 59.8 cm³/mol. The van der Waals surface area contributed by atoms with E-state index in [0.717, 1.165) is 12.5 Å². The minimum atomic E-state index is -0.156. The lowest BCUT2D eigenvalue weighted by Gasteiger charge is -2.25. The number of carbonyl (C=O) groups excluding carboxylic acids is 1. The molecular weight excluding hydrogens is 204 g/mol. The average Bonchev–Trinajstić information content (AvgIpc) is 2.81. The third kappa shape index (κ3) is 2.81. The molecule has 0 atom stereocenters. The summed E-state index contributed by atoms with van der Waals surface area (Å²) in [6.07, 6.45) is 6.35. The first-order valence-electron chi connectivity index (χ1n) is 5.89. The summed E-state index contributed by atoms with van der Waals surface area (Å²) in [5.74, 6) is 1.62. The molecule has 1 amide bonds. The van der Waals surface area contributed by atoms with Crippen molar-refractivity contribution in [3.63, 3.8) is 0 Å². The summed E-state index contributed by atoms with van der Waals surface area (Å²) < 4.78 is 0. The van der Waals surface area contributed by atoms with E-state index < -0.39 is 0 Å². The van der Waals surface area contributed by atoms with E-state index >= 15 is 0 Å². The molecule has 1 aliphatic carbocycles. The molecule has 0 aliphatic heterocycles. The van der Waals surface area contributed by atoms with E-state index in [0.29, 0.717) is 11.7 Å². The molecule has 0 bridgehead atoms. The van der Waals surface area contributed by atoms with Crippen LogP contribution in [0.5, 0.6) is 0 Å². The number of rotatable bonds is 3. The molecule has 0 unspecified atom stereocenters. The lowest BCUT2D eigenvalue weighted by atomic mass is 9.83. The zero-order chi connectivity index (χ0) is 11.4. The van der Waals surface area contributed by atoms with Crippen molar-refractivity contribution in [2.24, 2.45) is 11.8 Å². The second-order valence-electron chi connectivity index (χ2n) is 4.67. The Kier molecular flexibility index (Phi) is 3.54. The highest BCUT2D eigenvalue weighted by Gasteiger charge is 2.19. The first-order chi connectivity index (χ1) is 7.75. The van der Waals surface area contributed by atoms with Crippen LogP contribution in [-0.4, -0.2) is 27.6 Å². The molecule has 0 spiro atoms. The first-order valence-corrected chi connectivity index (χ1v) is 5.89. The molecule has 0 aromatic carbocycles. The predicted octanol–water partition coefficient (Wildman–Crippen LogP) is 1.36. The van der Waals surface area contributed by atoms with E-state index in [1.54, 1.807) is 0 Å². The zero-order valence-electron chi connectivity index (χ0n) is 9.57. The monoisotopic (exact) mass is 222 g/mol. The molecule has 1 aromatic heterocycles. The van der Waals surface area contributed by atoms with Gasteiger partial charge in [0.05, 0.1) is 0 Å². The Bertz CT molecular complexity index is 328. The zero-order valence-corrected chi connectivity index (χ0v) is 9.57. The number of hydrogen-bond acceptors (Lipinski definition) is 3. The number of carbonyl (C=O) groups is 1. The molecule has 1 aliphatic rings. The Balaban J connectivity index is 1.73. The van der Waals surface area contributed by atoms with Crippen LogP contribution in [0.25, 0.3) is 0 Å². The SMILES string of the molecule is CC1CCC(CNC(=O)c2ncn[nH]2)CC1. The number of amides is 1. The van der Waals surface area contributed by atoms with Crippen LogP contribution in [0.15, 0.2) is 6.33 Å². The van der Waals surface area contributed by atoms with Gasteiger partial charge in [-0.25, -0.2) is 4.98 Å². The van der Waals surface area contributed by atoms with Gasteiger partial charge in [-0.2, -0.15) is 5.10 Å². The summed E-state index contributed by atoms with van der Waals surface area (Å²) in [4.78, 5) is 15.4. The molecule has 88 valence electrons. The molecule has 2 rings (SSSR count). The second kappa shape index (κ2) is 5.09. The van der Waals surface area contributed by atoms with Crippen LogP contribution >= 0.6 is 0 Å². The fourth-order valence-electron chi connectivity index (χ4n) is 2.17. The summed E-state index contributed by atoms with van der Waals surface area (Å²) >= 11 is 0. The molecular formula is C11H18N4O. The van der Waals surface area contributed by atoms with E-state index in [1.807, 2.05) is 0 Å². The highest BCUT2D eigenvalue weighted by atomic mass is 16.2. The van der Waals surface area contributed by atoms with E-state index in [9.17, 15) is 4.79 Å². The van der Waals surface area contributed by atoms with E-state index in [4.69, 9.17) is 0 Å². The van der Waals surface area contributed by atoms with E-state index in [2.05, 4.69) is 27.4 Å². The third-order valence-corrected chi connectivity index (χ3v) is 3.32.